The van der Waals surface area contributed by atoms with Crippen LogP contribution in [-0.2, 0) is 4.79 Å². The molecule has 1 aromatic heterocycles. The van der Waals surface area contributed by atoms with Gasteiger partial charge in [0.1, 0.15) is 11.6 Å². The lowest BCUT2D eigenvalue weighted by atomic mass is 10.1. The molecule has 5 N–H and O–H groups in total. The third-order valence-electron chi connectivity index (χ3n) is 2.72. The predicted octanol–water partition coefficient (Wildman–Crippen LogP) is 1.69. The number of amides is 1. The number of halogens is 1. The fourth-order valence-corrected chi connectivity index (χ4v) is 3.25. The van der Waals surface area contributed by atoms with E-state index in [-0.39, 0.29) is 11.6 Å². The summed E-state index contributed by atoms with van der Waals surface area (Å²) in [5.74, 6) is -0.647. The zero-order valence-corrected chi connectivity index (χ0v) is 12.8. The number of aromatic nitrogens is 2. The number of fused-ring (bicyclic) bond motifs is 1. The second kappa shape index (κ2) is 5.01. The van der Waals surface area contributed by atoms with Crippen molar-refractivity contribution >= 4 is 56.7 Å². The summed E-state index contributed by atoms with van der Waals surface area (Å²) in [6, 6.07) is 4.73. The average molecular weight is 366 g/mol. The lowest BCUT2D eigenvalue weighted by Gasteiger charge is -2.07. The van der Waals surface area contributed by atoms with Crippen LogP contribution in [0.25, 0.3) is 0 Å². The van der Waals surface area contributed by atoms with Crippen LogP contribution < -0.4 is 16.8 Å². The van der Waals surface area contributed by atoms with E-state index in [0.717, 1.165) is 4.90 Å². The van der Waals surface area contributed by atoms with Crippen molar-refractivity contribution in [3.8, 4) is 0 Å². The minimum Gasteiger partial charge on any atom is -0.383 e. The Labute approximate surface area is 131 Å². The molecule has 0 spiro atoms. The van der Waals surface area contributed by atoms with Gasteiger partial charge in [0.05, 0.1) is 11.3 Å². The van der Waals surface area contributed by atoms with E-state index < -0.39 is 11.7 Å². The maximum Gasteiger partial charge on any atom is 0.296 e. The van der Waals surface area contributed by atoms with Gasteiger partial charge in [-0.1, -0.05) is 0 Å². The van der Waals surface area contributed by atoms with Crippen LogP contribution in [0.2, 0.25) is 0 Å². The van der Waals surface area contributed by atoms with Crippen LogP contribution in [0.4, 0.5) is 17.3 Å². The third-order valence-corrected chi connectivity index (χ3v) is 4.56. The Morgan fingerprint density at radius 2 is 1.76 bits per heavy atom. The number of benzene rings is 1. The number of anilines is 3. The van der Waals surface area contributed by atoms with Gasteiger partial charge in [0.15, 0.2) is 5.16 Å². The number of hydrogen-bond acceptors (Lipinski definition) is 7. The van der Waals surface area contributed by atoms with Crippen molar-refractivity contribution in [1.29, 1.82) is 0 Å². The SMILES string of the molecule is Nc1cc(N)nc(Sc2cc3c(cc2Br)C(=O)C(=O)N3)n1. The van der Waals surface area contributed by atoms with Crippen molar-refractivity contribution in [2.75, 3.05) is 16.8 Å². The molecule has 3 rings (SSSR count). The van der Waals surface area contributed by atoms with Gasteiger partial charge in [0, 0.05) is 15.4 Å². The van der Waals surface area contributed by atoms with Crippen molar-refractivity contribution in [1.82, 2.24) is 9.97 Å². The van der Waals surface area contributed by atoms with Gasteiger partial charge in [-0.05, 0) is 39.8 Å². The Morgan fingerprint density at radius 1 is 1.10 bits per heavy atom. The summed E-state index contributed by atoms with van der Waals surface area (Å²) in [5.41, 5.74) is 12.0. The highest BCUT2D eigenvalue weighted by Crippen LogP contribution is 2.37. The van der Waals surface area contributed by atoms with Crippen LogP contribution in [0.1, 0.15) is 10.4 Å². The summed E-state index contributed by atoms with van der Waals surface area (Å²) in [6.45, 7) is 0. The van der Waals surface area contributed by atoms with Gasteiger partial charge in [-0.15, -0.1) is 0 Å². The molecule has 7 nitrogen and oxygen atoms in total. The lowest BCUT2D eigenvalue weighted by molar-refractivity contribution is -0.112. The van der Waals surface area contributed by atoms with Gasteiger partial charge in [-0.25, -0.2) is 9.97 Å². The molecule has 0 unspecified atom stereocenters. The second-order valence-corrected chi connectivity index (χ2v) is 6.08. The molecule has 106 valence electrons. The first kappa shape index (κ1) is 13.8. The highest BCUT2D eigenvalue weighted by Gasteiger charge is 2.29. The van der Waals surface area contributed by atoms with E-state index in [9.17, 15) is 9.59 Å². The van der Waals surface area contributed by atoms with Crippen LogP contribution in [0, 0.1) is 0 Å². The molecule has 0 saturated heterocycles. The Hall–Kier alpha value is -2.13. The maximum absolute atomic E-state index is 11.6. The third kappa shape index (κ3) is 2.57. The minimum atomic E-state index is -0.636. The zero-order chi connectivity index (χ0) is 15.1. The van der Waals surface area contributed by atoms with E-state index in [2.05, 4.69) is 31.2 Å². The number of nitrogens with one attached hydrogen (secondary N) is 1. The Morgan fingerprint density at radius 3 is 2.43 bits per heavy atom. The average Bonchev–Trinajstić information content (AvgIpc) is 2.65. The largest absolute Gasteiger partial charge is 0.383 e. The van der Waals surface area contributed by atoms with E-state index in [1.54, 1.807) is 12.1 Å². The molecule has 9 heteroatoms. The summed E-state index contributed by atoms with van der Waals surface area (Å²) < 4.78 is 0.653. The summed E-state index contributed by atoms with van der Waals surface area (Å²) in [7, 11) is 0. The van der Waals surface area contributed by atoms with E-state index in [1.807, 2.05) is 0 Å². The van der Waals surface area contributed by atoms with Crippen molar-refractivity contribution in [3.05, 3.63) is 28.2 Å². The fraction of sp³-hybridized carbons (Fsp3) is 0. The molecule has 0 aliphatic carbocycles. The summed E-state index contributed by atoms with van der Waals surface area (Å²) in [6.07, 6.45) is 0. The standard InChI is InChI=1S/C12H8BrN5O2S/c13-5-1-4-6(16-11(20)10(4)19)2-7(5)21-12-17-8(14)3-9(15)18-12/h1-3H,(H,16,19,20)(H4,14,15,17,18). The topological polar surface area (TPSA) is 124 Å². The molecule has 0 bridgehead atoms. The van der Waals surface area contributed by atoms with Gasteiger partial charge in [0.2, 0.25) is 0 Å². The van der Waals surface area contributed by atoms with Crippen LogP contribution in [-0.4, -0.2) is 21.7 Å². The molecule has 1 aliphatic heterocycles. The van der Waals surface area contributed by atoms with E-state index in [0.29, 0.717) is 20.9 Å². The fourth-order valence-electron chi connectivity index (χ4n) is 1.83. The summed E-state index contributed by atoms with van der Waals surface area (Å²) >= 11 is 4.58. The number of Topliss-reactive ketones (excluding diaryl/α,β-unsaturated/α-hetero) is 1. The van der Waals surface area contributed by atoms with Crippen LogP contribution in [0.5, 0.6) is 0 Å². The highest BCUT2D eigenvalue weighted by atomic mass is 79.9. The molecule has 0 atom stereocenters. The van der Waals surface area contributed by atoms with Gasteiger partial charge < -0.3 is 16.8 Å². The molecular weight excluding hydrogens is 358 g/mol. The monoisotopic (exact) mass is 365 g/mol. The van der Waals surface area contributed by atoms with Crippen LogP contribution >= 0.6 is 27.7 Å². The number of hydrogen-bond donors (Lipinski definition) is 3. The van der Waals surface area contributed by atoms with Gasteiger partial charge >= 0.3 is 0 Å². The summed E-state index contributed by atoms with van der Waals surface area (Å²) in [5, 5.41) is 2.89. The van der Waals surface area contributed by atoms with Crippen molar-refractivity contribution in [3.63, 3.8) is 0 Å². The molecule has 1 amide bonds. The first-order valence-electron chi connectivity index (χ1n) is 5.71. The highest BCUT2D eigenvalue weighted by molar-refractivity contribution is 9.10. The molecule has 0 radical (unpaired) electrons. The zero-order valence-electron chi connectivity index (χ0n) is 10.4. The van der Waals surface area contributed by atoms with Crippen molar-refractivity contribution < 1.29 is 9.59 Å². The first-order chi connectivity index (χ1) is 9.94. The quantitative estimate of drug-likeness (QED) is 0.546. The molecule has 0 saturated carbocycles. The second-order valence-electron chi connectivity index (χ2n) is 4.21. The smallest absolute Gasteiger partial charge is 0.296 e. The van der Waals surface area contributed by atoms with Gasteiger partial charge in [-0.3, -0.25) is 9.59 Å². The normalized spacial score (nSPS) is 13.2. The number of carbonyl (C=O) groups excluding carboxylic acids is 2. The molecule has 1 aliphatic rings. The minimum absolute atomic E-state index is 0.269. The Kier molecular flexibility index (Phi) is 3.30. The van der Waals surface area contributed by atoms with E-state index in [1.165, 1.54) is 17.8 Å². The number of nitrogens with zero attached hydrogens (tertiary/aromatic N) is 2. The number of nitrogens with two attached hydrogens (primary N) is 2. The maximum atomic E-state index is 11.6. The molecule has 2 heterocycles. The van der Waals surface area contributed by atoms with Gasteiger partial charge in [-0.2, -0.15) is 0 Å². The summed E-state index contributed by atoms with van der Waals surface area (Å²) in [4.78, 5) is 31.8. The van der Waals surface area contributed by atoms with Gasteiger partial charge in [0.25, 0.3) is 11.7 Å². The molecule has 1 aromatic carbocycles. The van der Waals surface area contributed by atoms with E-state index >= 15 is 0 Å². The number of carbonyl (C=O) groups is 2. The lowest BCUT2D eigenvalue weighted by Crippen LogP contribution is -2.12. The van der Waals surface area contributed by atoms with Crippen molar-refractivity contribution in [2.24, 2.45) is 0 Å². The number of nitrogen functional groups attached to an aromatic ring is 2. The van der Waals surface area contributed by atoms with Crippen LogP contribution in [0.3, 0.4) is 0 Å². The Balaban J connectivity index is 1.99. The molecule has 2 aromatic rings. The van der Waals surface area contributed by atoms with Crippen LogP contribution in [0.15, 0.2) is 32.7 Å². The molecule has 21 heavy (non-hydrogen) atoms. The Bertz CT molecular complexity index is 775. The first-order valence-corrected chi connectivity index (χ1v) is 7.32. The number of rotatable bonds is 2. The molecular formula is C12H8BrN5O2S. The molecule has 0 fully saturated rings. The van der Waals surface area contributed by atoms with Crippen molar-refractivity contribution in [2.45, 2.75) is 10.1 Å². The van der Waals surface area contributed by atoms with E-state index in [4.69, 9.17) is 11.5 Å². The predicted molar refractivity (Wildman–Crippen MR) is 82.1 cm³/mol. The number of ketones is 1.